The molecule has 0 radical (unpaired) electrons. The summed E-state index contributed by atoms with van der Waals surface area (Å²) in [5.74, 6) is -0.537. The van der Waals surface area contributed by atoms with Crippen molar-refractivity contribution in [2.75, 3.05) is 13.7 Å². The predicted octanol–water partition coefficient (Wildman–Crippen LogP) is 0.392. The summed E-state index contributed by atoms with van der Waals surface area (Å²) in [5, 5.41) is 13.9. The van der Waals surface area contributed by atoms with Gasteiger partial charge in [0.05, 0.1) is 12.0 Å². The number of hydrogen-bond acceptors (Lipinski definition) is 3. The number of imide groups is 1. The molecule has 0 aromatic heterocycles. The van der Waals surface area contributed by atoms with Gasteiger partial charge in [0, 0.05) is 7.05 Å². The zero-order valence-electron chi connectivity index (χ0n) is 9.86. The van der Waals surface area contributed by atoms with Gasteiger partial charge in [0.15, 0.2) is 0 Å². The third kappa shape index (κ3) is 2.82. The Morgan fingerprint density at radius 3 is 2.35 bits per heavy atom. The Morgan fingerprint density at radius 2 is 1.88 bits per heavy atom. The first-order valence-corrected chi connectivity index (χ1v) is 5.24. The van der Waals surface area contributed by atoms with Crippen LogP contribution in [0.2, 0.25) is 0 Å². The van der Waals surface area contributed by atoms with Gasteiger partial charge < -0.3 is 10.4 Å². The summed E-state index contributed by atoms with van der Waals surface area (Å²) in [7, 11) is 1.42. The average molecular weight is 236 g/mol. The van der Waals surface area contributed by atoms with E-state index in [1.54, 1.807) is 31.2 Å². The molecular formula is C12H16N2O3. The zero-order chi connectivity index (χ0) is 12.9. The van der Waals surface area contributed by atoms with E-state index in [9.17, 15) is 14.7 Å². The van der Waals surface area contributed by atoms with Crippen LogP contribution >= 0.6 is 0 Å². The lowest BCUT2D eigenvalue weighted by Crippen LogP contribution is -2.49. The van der Waals surface area contributed by atoms with Crippen LogP contribution in [-0.4, -0.2) is 30.7 Å². The Bertz CT molecular complexity index is 405. The van der Waals surface area contributed by atoms with E-state index in [0.717, 1.165) is 0 Å². The zero-order valence-corrected chi connectivity index (χ0v) is 9.86. The number of nitrogens with one attached hydrogen (secondary N) is 2. The number of carbonyl (C=O) groups excluding carboxylic acids is 2. The molecule has 92 valence electrons. The monoisotopic (exact) mass is 236 g/mol. The number of aliphatic hydroxyl groups excluding tert-OH is 1. The molecule has 1 aromatic carbocycles. The van der Waals surface area contributed by atoms with Gasteiger partial charge in [-0.05, 0) is 12.5 Å². The average Bonchev–Trinajstić information content (AvgIpc) is 2.38. The molecule has 0 aliphatic carbocycles. The van der Waals surface area contributed by atoms with Gasteiger partial charge in [-0.3, -0.25) is 10.1 Å². The predicted molar refractivity (Wildman–Crippen MR) is 63.5 cm³/mol. The van der Waals surface area contributed by atoms with Gasteiger partial charge in [-0.1, -0.05) is 30.3 Å². The van der Waals surface area contributed by atoms with Crippen molar-refractivity contribution in [2.24, 2.45) is 0 Å². The third-order valence-corrected chi connectivity index (χ3v) is 2.68. The van der Waals surface area contributed by atoms with Crippen molar-refractivity contribution in [2.45, 2.75) is 12.3 Å². The SMILES string of the molecule is CNC(=O)NC(=O)[C@@](C)(CO)c1ccccc1. The van der Waals surface area contributed by atoms with E-state index < -0.39 is 17.4 Å². The van der Waals surface area contributed by atoms with Crippen LogP contribution in [-0.2, 0) is 10.2 Å². The maximum absolute atomic E-state index is 11.9. The highest BCUT2D eigenvalue weighted by atomic mass is 16.3. The fourth-order valence-electron chi connectivity index (χ4n) is 1.40. The molecule has 1 atom stereocenters. The number of aliphatic hydroxyl groups is 1. The number of rotatable bonds is 3. The van der Waals surface area contributed by atoms with E-state index in [1.807, 2.05) is 6.07 Å². The van der Waals surface area contributed by atoms with Gasteiger partial charge in [-0.2, -0.15) is 0 Å². The standard InChI is InChI=1S/C12H16N2O3/c1-12(8-15,9-6-4-3-5-7-9)10(16)14-11(17)13-2/h3-7,15H,8H2,1-2H3,(H2,13,14,16,17)/t12-/m0/s1. The van der Waals surface area contributed by atoms with E-state index in [-0.39, 0.29) is 6.61 Å². The molecule has 5 nitrogen and oxygen atoms in total. The lowest BCUT2D eigenvalue weighted by Gasteiger charge is -2.25. The second kappa shape index (κ2) is 5.45. The molecule has 0 bridgehead atoms. The van der Waals surface area contributed by atoms with Crippen molar-refractivity contribution >= 4 is 11.9 Å². The molecular weight excluding hydrogens is 220 g/mol. The molecule has 0 saturated heterocycles. The van der Waals surface area contributed by atoms with Crippen LogP contribution in [0.15, 0.2) is 30.3 Å². The quantitative estimate of drug-likeness (QED) is 0.710. The number of carbonyl (C=O) groups is 2. The first-order chi connectivity index (χ1) is 8.04. The fourth-order valence-corrected chi connectivity index (χ4v) is 1.40. The highest BCUT2D eigenvalue weighted by Gasteiger charge is 2.35. The van der Waals surface area contributed by atoms with Crippen molar-refractivity contribution in [3.63, 3.8) is 0 Å². The van der Waals surface area contributed by atoms with Crippen LogP contribution in [0.25, 0.3) is 0 Å². The van der Waals surface area contributed by atoms with Crippen molar-refractivity contribution in [1.82, 2.24) is 10.6 Å². The summed E-state index contributed by atoms with van der Waals surface area (Å²) in [6.45, 7) is 1.21. The summed E-state index contributed by atoms with van der Waals surface area (Å²) >= 11 is 0. The second-order valence-corrected chi connectivity index (χ2v) is 3.89. The first-order valence-electron chi connectivity index (χ1n) is 5.24. The second-order valence-electron chi connectivity index (χ2n) is 3.89. The van der Waals surface area contributed by atoms with Gasteiger partial charge in [-0.15, -0.1) is 0 Å². The third-order valence-electron chi connectivity index (χ3n) is 2.68. The Kier molecular flexibility index (Phi) is 4.23. The summed E-state index contributed by atoms with van der Waals surface area (Å²) in [6.07, 6.45) is 0. The Labute approximate surface area is 99.8 Å². The van der Waals surface area contributed by atoms with Gasteiger partial charge in [0.1, 0.15) is 0 Å². The summed E-state index contributed by atoms with van der Waals surface area (Å²) < 4.78 is 0. The molecule has 0 heterocycles. The molecule has 0 unspecified atom stereocenters. The van der Waals surface area contributed by atoms with Gasteiger partial charge in [-0.25, -0.2) is 4.79 Å². The Balaban J connectivity index is 2.96. The smallest absolute Gasteiger partial charge is 0.321 e. The lowest BCUT2D eigenvalue weighted by molar-refractivity contribution is -0.126. The van der Waals surface area contributed by atoms with Crippen molar-refractivity contribution in [3.8, 4) is 0 Å². The molecule has 5 heteroatoms. The summed E-state index contributed by atoms with van der Waals surface area (Å²) in [5.41, 5.74) is -0.475. The minimum atomic E-state index is -1.13. The van der Waals surface area contributed by atoms with E-state index in [1.165, 1.54) is 7.05 Å². The van der Waals surface area contributed by atoms with E-state index in [2.05, 4.69) is 10.6 Å². The molecule has 0 saturated carbocycles. The minimum Gasteiger partial charge on any atom is -0.395 e. The largest absolute Gasteiger partial charge is 0.395 e. The van der Waals surface area contributed by atoms with E-state index >= 15 is 0 Å². The number of urea groups is 1. The van der Waals surface area contributed by atoms with Crippen LogP contribution in [0.3, 0.4) is 0 Å². The van der Waals surface area contributed by atoms with Gasteiger partial charge >= 0.3 is 6.03 Å². The molecule has 3 amide bonds. The topological polar surface area (TPSA) is 78.4 Å². The summed E-state index contributed by atoms with van der Waals surface area (Å²) in [6, 6.07) is 8.25. The van der Waals surface area contributed by atoms with Crippen molar-refractivity contribution in [3.05, 3.63) is 35.9 Å². The molecule has 0 aliphatic heterocycles. The van der Waals surface area contributed by atoms with E-state index in [0.29, 0.717) is 5.56 Å². The highest BCUT2D eigenvalue weighted by molar-refractivity contribution is 5.99. The van der Waals surface area contributed by atoms with Gasteiger partial charge in [0.2, 0.25) is 5.91 Å². The number of hydrogen-bond donors (Lipinski definition) is 3. The maximum atomic E-state index is 11.9. The van der Waals surface area contributed by atoms with Crippen molar-refractivity contribution in [1.29, 1.82) is 0 Å². The maximum Gasteiger partial charge on any atom is 0.321 e. The highest BCUT2D eigenvalue weighted by Crippen LogP contribution is 2.23. The Hall–Kier alpha value is -1.88. The molecule has 1 aromatic rings. The van der Waals surface area contributed by atoms with Crippen LogP contribution < -0.4 is 10.6 Å². The number of amides is 3. The fraction of sp³-hybridized carbons (Fsp3) is 0.333. The van der Waals surface area contributed by atoms with E-state index in [4.69, 9.17) is 0 Å². The minimum absolute atomic E-state index is 0.375. The van der Waals surface area contributed by atoms with Crippen LogP contribution in [0, 0.1) is 0 Å². The van der Waals surface area contributed by atoms with Crippen molar-refractivity contribution < 1.29 is 14.7 Å². The van der Waals surface area contributed by atoms with Crippen LogP contribution in [0.1, 0.15) is 12.5 Å². The normalized spacial score (nSPS) is 13.6. The van der Waals surface area contributed by atoms with Gasteiger partial charge in [0.25, 0.3) is 0 Å². The molecule has 0 spiro atoms. The molecule has 0 fully saturated rings. The Morgan fingerprint density at radius 1 is 1.29 bits per heavy atom. The molecule has 3 N–H and O–H groups in total. The number of benzene rings is 1. The lowest BCUT2D eigenvalue weighted by atomic mass is 9.82. The molecule has 1 rings (SSSR count). The van der Waals surface area contributed by atoms with Crippen LogP contribution in [0.4, 0.5) is 4.79 Å². The molecule has 17 heavy (non-hydrogen) atoms. The van der Waals surface area contributed by atoms with Crippen LogP contribution in [0.5, 0.6) is 0 Å². The molecule has 0 aliphatic rings. The first kappa shape index (κ1) is 13.2. The summed E-state index contributed by atoms with van der Waals surface area (Å²) in [4.78, 5) is 23.0.